The van der Waals surface area contributed by atoms with Crippen LogP contribution in [0.4, 0.5) is 4.39 Å². The number of hydrogen-bond donors (Lipinski definition) is 1. The first-order valence-corrected chi connectivity index (χ1v) is 6.98. The molecule has 2 aliphatic rings. The fraction of sp³-hybridized carbons (Fsp3) is 0.500. The fourth-order valence-corrected chi connectivity index (χ4v) is 3.53. The van der Waals surface area contributed by atoms with Crippen LogP contribution in [0.3, 0.4) is 0 Å². The Morgan fingerprint density at radius 1 is 1.32 bits per heavy atom. The van der Waals surface area contributed by atoms with Crippen molar-refractivity contribution in [3.8, 4) is 0 Å². The number of amides is 1. The Morgan fingerprint density at radius 2 is 1.95 bits per heavy atom. The van der Waals surface area contributed by atoms with E-state index >= 15 is 0 Å². The van der Waals surface area contributed by atoms with Gasteiger partial charge in [-0.05, 0) is 37.8 Å². The van der Waals surface area contributed by atoms with E-state index in [0.717, 1.165) is 25.7 Å². The largest absolute Gasteiger partial charge is 0.332 e. The van der Waals surface area contributed by atoms with Gasteiger partial charge in [-0.2, -0.15) is 0 Å². The number of hydrogen-bond acceptors (Lipinski definition) is 2. The summed E-state index contributed by atoms with van der Waals surface area (Å²) in [7, 11) is 0. The second-order valence-electron chi connectivity index (χ2n) is 5.43. The van der Waals surface area contributed by atoms with Crippen LogP contribution >= 0.6 is 11.6 Å². The lowest BCUT2D eigenvalue weighted by molar-refractivity contribution is 0.0570. The average Bonchev–Trinajstić information content (AvgIpc) is 2.64. The molecule has 3 rings (SSSR count). The first kappa shape index (κ1) is 12.9. The summed E-state index contributed by atoms with van der Waals surface area (Å²) in [6, 6.07) is 5.02. The summed E-state index contributed by atoms with van der Waals surface area (Å²) in [6.07, 6.45) is 3.55. The molecule has 3 nitrogen and oxygen atoms in total. The van der Waals surface area contributed by atoms with Gasteiger partial charge in [0.2, 0.25) is 0 Å². The van der Waals surface area contributed by atoms with E-state index in [-0.39, 0.29) is 34.6 Å². The van der Waals surface area contributed by atoms with Gasteiger partial charge in [0.05, 0.1) is 10.6 Å². The molecule has 2 N–H and O–H groups in total. The zero-order valence-electron chi connectivity index (χ0n) is 10.5. The summed E-state index contributed by atoms with van der Waals surface area (Å²) in [6.45, 7) is 0. The van der Waals surface area contributed by atoms with E-state index < -0.39 is 5.82 Å². The number of halogens is 2. The Morgan fingerprint density at radius 3 is 2.58 bits per heavy atom. The summed E-state index contributed by atoms with van der Waals surface area (Å²) in [5, 5.41) is -0.00749. The molecule has 1 amide bonds. The molecule has 5 heteroatoms. The molecule has 19 heavy (non-hydrogen) atoms. The third kappa shape index (κ3) is 2.13. The first-order chi connectivity index (χ1) is 9.08. The van der Waals surface area contributed by atoms with Crippen molar-refractivity contribution in [1.82, 2.24) is 4.90 Å². The number of rotatable bonds is 1. The van der Waals surface area contributed by atoms with Gasteiger partial charge in [0.1, 0.15) is 0 Å². The summed E-state index contributed by atoms with van der Waals surface area (Å²) in [5.41, 5.74) is 6.05. The van der Waals surface area contributed by atoms with Gasteiger partial charge < -0.3 is 10.6 Å². The van der Waals surface area contributed by atoms with E-state index in [9.17, 15) is 9.18 Å². The number of nitrogens with two attached hydrogens (primary N) is 1. The van der Waals surface area contributed by atoms with Crippen LogP contribution in [0.1, 0.15) is 36.0 Å². The van der Waals surface area contributed by atoms with E-state index in [4.69, 9.17) is 17.3 Å². The van der Waals surface area contributed by atoms with Crippen molar-refractivity contribution in [2.45, 2.75) is 43.8 Å². The molecular formula is C14H16ClFN2O. The molecule has 2 fully saturated rings. The topological polar surface area (TPSA) is 46.3 Å². The van der Waals surface area contributed by atoms with Crippen LogP contribution in [-0.4, -0.2) is 28.9 Å². The van der Waals surface area contributed by atoms with Crippen molar-refractivity contribution in [1.29, 1.82) is 0 Å². The minimum atomic E-state index is -0.622. The monoisotopic (exact) mass is 282 g/mol. The quantitative estimate of drug-likeness (QED) is 0.860. The predicted octanol–water partition coefficient (Wildman–Crippen LogP) is 2.57. The lowest BCUT2D eigenvalue weighted by Gasteiger charge is -2.37. The van der Waals surface area contributed by atoms with Gasteiger partial charge in [0.15, 0.2) is 5.82 Å². The molecule has 2 unspecified atom stereocenters. The standard InChI is InChI=1S/C14H16ClFN2O/c15-12-3-1-2-11(13(12)16)14(19)18-9-4-5-10(18)7-8(17)6-9/h1-3,8-10H,4-7,17H2. The van der Waals surface area contributed by atoms with Crippen LogP contribution in [0.5, 0.6) is 0 Å². The van der Waals surface area contributed by atoms with Crippen molar-refractivity contribution in [2.24, 2.45) is 5.73 Å². The molecule has 102 valence electrons. The van der Waals surface area contributed by atoms with Gasteiger partial charge in [-0.3, -0.25) is 4.79 Å². The molecule has 1 aromatic rings. The normalized spacial score (nSPS) is 29.6. The SMILES string of the molecule is NC1CC2CCC(C1)N2C(=O)c1cccc(Cl)c1F. The van der Waals surface area contributed by atoms with Gasteiger partial charge >= 0.3 is 0 Å². The maximum absolute atomic E-state index is 14.0. The second kappa shape index (κ2) is 4.76. The third-order valence-electron chi connectivity index (χ3n) is 4.19. The van der Waals surface area contributed by atoms with Crippen molar-refractivity contribution < 1.29 is 9.18 Å². The maximum atomic E-state index is 14.0. The van der Waals surface area contributed by atoms with Gasteiger partial charge in [-0.1, -0.05) is 17.7 Å². The number of piperidine rings is 1. The number of benzene rings is 1. The zero-order valence-corrected chi connectivity index (χ0v) is 11.2. The number of nitrogens with zero attached hydrogens (tertiary/aromatic N) is 1. The minimum absolute atomic E-state index is 0.00749. The van der Waals surface area contributed by atoms with Crippen molar-refractivity contribution in [3.05, 3.63) is 34.6 Å². The smallest absolute Gasteiger partial charge is 0.257 e. The Labute approximate surface area is 116 Å². The molecule has 2 aliphatic heterocycles. The Balaban J connectivity index is 1.91. The van der Waals surface area contributed by atoms with Gasteiger partial charge in [-0.25, -0.2) is 4.39 Å². The molecule has 0 aromatic heterocycles. The van der Waals surface area contributed by atoms with Gasteiger partial charge in [0, 0.05) is 18.1 Å². The lowest BCUT2D eigenvalue weighted by atomic mass is 9.97. The summed E-state index contributed by atoms with van der Waals surface area (Å²) in [5.74, 6) is -0.872. The molecule has 2 atom stereocenters. The fourth-order valence-electron chi connectivity index (χ4n) is 3.36. The highest BCUT2D eigenvalue weighted by atomic mass is 35.5. The highest BCUT2D eigenvalue weighted by Crippen LogP contribution is 2.36. The van der Waals surface area contributed by atoms with E-state index in [0.29, 0.717) is 0 Å². The lowest BCUT2D eigenvalue weighted by Crippen LogP contribution is -2.50. The zero-order chi connectivity index (χ0) is 13.6. The Bertz CT molecular complexity index is 508. The highest BCUT2D eigenvalue weighted by molar-refractivity contribution is 6.31. The van der Waals surface area contributed by atoms with E-state index in [2.05, 4.69) is 0 Å². The average molecular weight is 283 g/mol. The Hall–Kier alpha value is -1.13. The van der Waals surface area contributed by atoms with Crippen molar-refractivity contribution in [3.63, 3.8) is 0 Å². The van der Waals surface area contributed by atoms with Crippen molar-refractivity contribution in [2.75, 3.05) is 0 Å². The van der Waals surface area contributed by atoms with Crippen LogP contribution in [-0.2, 0) is 0 Å². The summed E-state index contributed by atoms with van der Waals surface area (Å²) in [4.78, 5) is 14.3. The van der Waals surface area contributed by atoms with Gasteiger partial charge in [-0.15, -0.1) is 0 Å². The predicted molar refractivity (Wildman–Crippen MR) is 71.6 cm³/mol. The van der Waals surface area contributed by atoms with E-state index in [1.54, 1.807) is 6.07 Å². The summed E-state index contributed by atoms with van der Waals surface area (Å²) >= 11 is 5.74. The Kier molecular flexibility index (Phi) is 3.23. The molecule has 0 aliphatic carbocycles. The number of carbonyl (C=O) groups is 1. The highest BCUT2D eigenvalue weighted by Gasteiger charge is 2.42. The van der Waals surface area contributed by atoms with Crippen LogP contribution in [0.25, 0.3) is 0 Å². The van der Waals surface area contributed by atoms with Crippen LogP contribution < -0.4 is 5.73 Å². The maximum Gasteiger partial charge on any atom is 0.257 e. The summed E-state index contributed by atoms with van der Waals surface area (Å²) < 4.78 is 14.0. The van der Waals surface area contributed by atoms with Crippen molar-refractivity contribution >= 4 is 17.5 Å². The number of carbonyl (C=O) groups excluding carboxylic acids is 1. The molecule has 0 spiro atoms. The molecule has 0 radical (unpaired) electrons. The van der Waals surface area contributed by atoms with Crippen LogP contribution in [0, 0.1) is 5.82 Å². The minimum Gasteiger partial charge on any atom is -0.332 e. The molecule has 2 bridgehead atoms. The second-order valence-corrected chi connectivity index (χ2v) is 5.84. The molecular weight excluding hydrogens is 267 g/mol. The van der Waals surface area contributed by atoms with Crippen LogP contribution in [0.2, 0.25) is 5.02 Å². The molecule has 2 heterocycles. The van der Waals surface area contributed by atoms with Gasteiger partial charge in [0.25, 0.3) is 5.91 Å². The first-order valence-electron chi connectivity index (χ1n) is 6.60. The molecule has 1 aromatic carbocycles. The van der Waals surface area contributed by atoms with E-state index in [1.165, 1.54) is 12.1 Å². The molecule has 0 saturated carbocycles. The number of fused-ring (bicyclic) bond motifs is 2. The van der Waals surface area contributed by atoms with E-state index in [1.807, 2.05) is 4.90 Å². The molecule has 2 saturated heterocycles. The third-order valence-corrected chi connectivity index (χ3v) is 4.48. The van der Waals surface area contributed by atoms with Crippen LogP contribution in [0.15, 0.2) is 18.2 Å².